The van der Waals surface area contributed by atoms with E-state index in [0.717, 1.165) is 18.4 Å². The van der Waals surface area contributed by atoms with E-state index in [9.17, 15) is 4.79 Å². The SMILES string of the molecule is O=C(C1CCOCC1)N1CCO[C@@H](c2ccncc2)C1. The van der Waals surface area contributed by atoms with Gasteiger partial charge in [0.25, 0.3) is 0 Å². The van der Waals surface area contributed by atoms with Gasteiger partial charge in [-0.2, -0.15) is 0 Å². The third kappa shape index (κ3) is 2.99. The highest BCUT2D eigenvalue weighted by atomic mass is 16.5. The molecule has 3 rings (SSSR count). The lowest BCUT2D eigenvalue weighted by Crippen LogP contribution is -2.46. The Bertz CT molecular complexity index is 446. The summed E-state index contributed by atoms with van der Waals surface area (Å²) in [5.74, 6) is 0.385. The van der Waals surface area contributed by atoms with Crippen molar-refractivity contribution < 1.29 is 14.3 Å². The van der Waals surface area contributed by atoms with Crippen molar-refractivity contribution >= 4 is 5.91 Å². The molecule has 2 saturated heterocycles. The van der Waals surface area contributed by atoms with Gasteiger partial charge in [0.1, 0.15) is 6.10 Å². The summed E-state index contributed by atoms with van der Waals surface area (Å²) in [6.45, 7) is 3.34. The quantitative estimate of drug-likeness (QED) is 0.819. The maximum Gasteiger partial charge on any atom is 0.226 e. The van der Waals surface area contributed by atoms with Gasteiger partial charge in [0, 0.05) is 38.1 Å². The number of hydrogen-bond acceptors (Lipinski definition) is 4. The van der Waals surface area contributed by atoms with Gasteiger partial charge in [-0.3, -0.25) is 9.78 Å². The molecule has 0 aliphatic carbocycles. The van der Waals surface area contributed by atoms with Crippen molar-refractivity contribution in [1.82, 2.24) is 9.88 Å². The summed E-state index contributed by atoms with van der Waals surface area (Å²) in [6, 6.07) is 3.90. The van der Waals surface area contributed by atoms with E-state index in [2.05, 4.69) is 4.98 Å². The normalized spacial score (nSPS) is 24.6. The number of ether oxygens (including phenoxy) is 2. The molecule has 3 heterocycles. The van der Waals surface area contributed by atoms with Crippen LogP contribution < -0.4 is 0 Å². The molecule has 2 aliphatic heterocycles. The van der Waals surface area contributed by atoms with Crippen LogP contribution in [-0.4, -0.2) is 48.7 Å². The lowest BCUT2D eigenvalue weighted by atomic mass is 9.98. The fraction of sp³-hybridized carbons (Fsp3) is 0.600. The smallest absolute Gasteiger partial charge is 0.226 e. The van der Waals surface area contributed by atoms with Gasteiger partial charge >= 0.3 is 0 Å². The topological polar surface area (TPSA) is 51.7 Å². The molecule has 2 aliphatic rings. The molecule has 0 N–H and O–H groups in total. The average molecular weight is 276 g/mol. The van der Waals surface area contributed by atoms with Crippen molar-refractivity contribution in [2.45, 2.75) is 18.9 Å². The van der Waals surface area contributed by atoms with E-state index in [1.807, 2.05) is 17.0 Å². The molecule has 5 heteroatoms. The molecule has 1 aromatic heterocycles. The van der Waals surface area contributed by atoms with Gasteiger partial charge < -0.3 is 14.4 Å². The third-order valence-corrected chi connectivity index (χ3v) is 4.03. The van der Waals surface area contributed by atoms with Crippen molar-refractivity contribution in [3.63, 3.8) is 0 Å². The molecule has 0 aromatic carbocycles. The Hall–Kier alpha value is -1.46. The van der Waals surface area contributed by atoms with E-state index in [0.29, 0.717) is 32.9 Å². The largest absolute Gasteiger partial charge is 0.381 e. The monoisotopic (exact) mass is 276 g/mol. The van der Waals surface area contributed by atoms with Gasteiger partial charge in [-0.25, -0.2) is 0 Å². The third-order valence-electron chi connectivity index (χ3n) is 4.03. The van der Waals surface area contributed by atoms with Crippen LogP contribution in [0.25, 0.3) is 0 Å². The first-order valence-corrected chi connectivity index (χ1v) is 7.22. The zero-order valence-corrected chi connectivity index (χ0v) is 11.5. The van der Waals surface area contributed by atoms with Crippen LogP contribution in [0.2, 0.25) is 0 Å². The van der Waals surface area contributed by atoms with Crippen LogP contribution in [0.3, 0.4) is 0 Å². The highest BCUT2D eigenvalue weighted by Gasteiger charge is 2.30. The maximum absolute atomic E-state index is 12.5. The summed E-state index contributed by atoms with van der Waals surface area (Å²) in [5.41, 5.74) is 1.09. The fourth-order valence-electron chi connectivity index (χ4n) is 2.83. The molecule has 0 saturated carbocycles. The molecule has 1 amide bonds. The minimum absolute atomic E-state index is 0.0319. The number of amides is 1. The molecule has 0 radical (unpaired) electrons. The summed E-state index contributed by atoms with van der Waals surface area (Å²) in [6.07, 6.45) is 5.18. The van der Waals surface area contributed by atoms with E-state index in [-0.39, 0.29) is 17.9 Å². The number of rotatable bonds is 2. The predicted molar refractivity (Wildman–Crippen MR) is 73.1 cm³/mol. The highest BCUT2D eigenvalue weighted by molar-refractivity contribution is 5.79. The summed E-state index contributed by atoms with van der Waals surface area (Å²) < 4.78 is 11.1. The first-order chi connectivity index (χ1) is 9.84. The van der Waals surface area contributed by atoms with Gasteiger partial charge in [-0.1, -0.05) is 0 Å². The second-order valence-electron chi connectivity index (χ2n) is 5.31. The number of aromatic nitrogens is 1. The summed E-state index contributed by atoms with van der Waals surface area (Å²) >= 11 is 0. The van der Waals surface area contributed by atoms with Crippen LogP contribution in [0.1, 0.15) is 24.5 Å². The number of hydrogen-bond donors (Lipinski definition) is 0. The van der Waals surface area contributed by atoms with Gasteiger partial charge in [0.15, 0.2) is 0 Å². The molecular weight excluding hydrogens is 256 g/mol. The lowest BCUT2D eigenvalue weighted by molar-refractivity contribution is -0.146. The zero-order chi connectivity index (χ0) is 13.8. The summed E-state index contributed by atoms with van der Waals surface area (Å²) in [7, 11) is 0. The summed E-state index contributed by atoms with van der Waals surface area (Å²) in [4.78, 5) is 18.5. The van der Waals surface area contributed by atoms with Crippen molar-refractivity contribution in [1.29, 1.82) is 0 Å². The minimum atomic E-state index is -0.0319. The molecule has 0 unspecified atom stereocenters. The van der Waals surface area contributed by atoms with E-state index < -0.39 is 0 Å². The molecule has 1 atom stereocenters. The molecule has 5 nitrogen and oxygen atoms in total. The molecule has 20 heavy (non-hydrogen) atoms. The predicted octanol–water partition coefficient (Wildman–Crippen LogP) is 1.41. The summed E-state index contributed by atoms with van der Waals surface area (Å²) in [5, 5.41) is 0. The number of nitrogens with zero attached hydrogens (tertiary/aromatic N) is 2. The van der Waals surface area contributed by atoms with Crippen molar-refractivity contribution in [2.75, 3.05) is 32.9 Å². The van der Waals surface area contributed by atoms with E-state index in [4.69, 9.17) is 9.47 Å². The number of carbonyl (C=O) groups excluding carboxylic acids is 1. The number of carbonyl (C=O) groups is 1. The Morgan fingerprint density at radius 2 is 1.95 bits per heavy atom. The minimum Gasteiger partial charge on any atom is -0.381 e. The maximum atomic E-state index is 12.5. The standard InChI is InChI=1S/C15H20N2O3/c18-15(13-3-8-19-9-4-13)17-7-10-20-14(11-17)12-1-5-16-6-2-12/h1-2,5-6,13-14H,3-4,7-11H2/t14-/m1/s1. The van der Waals surface area contributed by atoms with E-state index >= 15 is 0 Å². The Balaban J connectivity index is 1.64. The molecule has 2 fully saturated rings. The Labute approximate surface area is 118 Å². The van der Waals surface area contributed by atoms with E-state index in [1.54, 1.807) is 12.4 Å². The second kappa shape index (κ2) is 6.33. The van der Waals surface area contributed by atoms with Gasteiger partial charge in [0.05, 0.1) is 13.2 Å². The van der Waals surface area contributed by atoms with Crippen LogP contribution in [-0.2, 0) is 14.3 Å². The Morgan fingerprint density at radius 1 is 1.20 bits per heavy atom. The fourth-order valence-corrected chi connectivity index (χ4v) is 2.83. The van der Waals surface area contributed by atoms with Crippen LogP contribution in [0.15, 0.2) is 24.5 Å². The molecular formula is C15H20N2O3. The second-order valence-corrected chi connectivity index (χ2v) is 5.31. The van der Waals surface area contributed by atoms with Crippen molar-refractivity contribution in [2.24, 2.45) is 5.92 Å². The van der Waals surface area contributed by atoms with Crippen LogP contribution in [0, 0.1) is 5.92 Å². The van der Waals surface area contributed by atoms with Crippen LogP contribution >= 0.6 is 0 Å². The van der Waals surface area contributed by atoms with Crippen molar-refractivity contribution in [3.8, 4) is 0 Å². The molecule has 0 spiro atoms. The lowest BCUT2D eigenvalue weighted by Gasteiger charge is -2.36. The Kier molecular flexibility index (Phi) is 4.28. The zero-order valence-electron chi connectivity index (χ0n) is 11.5. The number of pyridine rings is 1. The first-order valence-electron chi connectivity index (χ1n) is 7.22. The average Bonchev–Trinajstić information content (AvgIpc) is 2.56. The van der Waals surface area contributed by atoms with E-state index in [1.165, 1.54) is 0 Å². The van der Waals surface area contributed by atoms with Gasteiger partial charge in [-0.15, -0.1) is 0 Å². The number of morpholine rings is 1. The molecule has 0 bridgehead atoms. The molecule has 108 valence electrons. The van der Waals surface area contributed by atoms with Gasteiger partial charge in [-0.05, 0) is 30.5 Å². The molecule has 1 aromatic rings. The van der Waals surface area contributed by atoms with Gasteiger partial charge in [0.2, 0.25) is 5.91 Å². The first kappa shape index (κ1) is 13.5. The Morgan fingerprint density at radius 3 is 2.70 bits per heavy atom. The van der Waals surface area contributed by atoms with Crippen molar-refractivity contribution in [3.05, 3.63) is 30.1 Å². The highest BCUT2D eigenvalue weighted by Crippen LogP contribution is 2.25. The van der Waals surface area contributed by atoms with Crippen LogP contribution in [0.5, 0.6) is 0 Å². The van der Waals surface area contributed by atoms with Crippen LogP contribution in [0.4, 0.5) is 0 Å².